The zero-order valence-electron chi connectivity index (χ0n) is 11.2. The molecule has 1 aromatic heterocycles. The van der Waals surface area contributed by atoms with Gasteiger partial charge in [-0.25, -0.2) is 4.79 Å². The summed E-state index contributed by atoms with van der Waals surface area (Å²) in [6.07, 6.45) is 3.94. The van der Waals surface area contributed by atoms with E-state index in [0.29, 0.717) is 11.6 Å². The van der Waals surface area contributed by atoms with Crippen molar-refractivity contribution in [2.75, 3.05) is 6.54 Å². The molecule has 2 heterocycles. The van der Waals surface area contributed by atoms with Gasteiger partial charge in [0.05, 0.1) is 17.9 Å². The first-order chi connectivity index (χ1) is 9.74. The van der Waals surface area contributed by atoms with Crippen molar-refractivity contribution >= 4 is 5.97 Å². The van der Waals surface area contributed by atoms with E-state index in [1.54, 1.807) is 24.5 Å². The number of nitrogens with zero attached hydrogens (tertiary/aromatic N) is 1. The first kappa shape index (κ1) is 12.9. The number of hydrogen-bond donors (Lipinski definition) is 1. The fraction of sp³-hybridized carbons (Fsp3) is 0.312. The number of rotatable bonds is 4. The van der Waals surface area contributed by atoms with Crippen molar-refractivity contribution in [3.63, 3.8) is 0 Å². The fourth-order valence-electron chi connectivity index (χ4n) is 2.86. The Balaban J connectivity index is 1.77. The molecule has 1 unspecified atom stereocenters. The molecule has 3 rings (SSSR count). The van der Waals surface area contributed by atoms with E-state index < -0.39 is 5.97 Å². The minimum absolute atomic E-state index is 0.304. The van der Waals surface area contributed by atoms with Gasteiger partial charge >= 0.3 is 5.97 Å². The van der Waals surface area contributed by atoms with Crippen molar-refractivity contribution in [1.29, 1.82) is 0 Å². The highest BCUT2D eigenvalue weighted by Crippen LogP contribution is 2.33. The van der Waals surface area contributed by atoms with Gasteiger partial charge in [0.1, 0.15) is 5.76 Å². The van der Waals surface area contributed by atoms with Crippen molar-refractivity contribution in [3.8, 4) is 0 Å². The third-order valence-electron chi connectivity index (χ3n) is 3.79. The first-order valence-corrected chi connectivity index (χ1v) is 6.84. The van der Waals surface area contributed by atoms with Gasteiger partial charge in [0, 0.05) is 6.54 Å². The highest BCUT2D eigenvalue weighted by molar-refractivity contribution is 5.87. The molecular weight excluding hydrogens is 254 g/mol. The lowest BCUT2D eigenvalue weighted by molar-refractivity contribution is 0.0696. The van der Waals surface area contributed by atoms with Gasteiger partial charge in [-0.1, -0.05) is 12.1 Å². The standard InChI is InChI=1S/C16H17NO3/c18-16(19)13-5-1-4-12(10-13)11-17-8-2-6-14(17)15-7-3-9-20-15/h1,3-5,7,9-10,14H,2,6,8,11H2,(H,18,19). The summed E-state index contributed by atoms with van der Waals surface area (Å²) in [6, 6.07) is 11.4. The minimum atomic E-state index is -0.879. The van der Waals surface area contributed by atoms with E-state index in [2.05, 4.69) is 4.90 Å². The Labute approximate surface area is 117 Å². The van der Waals surface area contributed by atoms with E-state index in [9.17, 15) is 4.79 Å². The molecule has 2 aromatic rings. The van der Waals surface area contributed by atoms with Gasteiger partial charge in [-0.2, -0.15) is 0 Å². The second-order valence-electron chi connectivity index (χ2n) is 5.15. The summed E-state index contributed by atoms with van der Waals surface area (Å²) in [5.41, 5.74) is 1.37. The molecule has 0 spiro atoms. The number of furan rings is 1. The summed E-state index contributed by atoms with van der Waals surface area (Å²) < 4.78 is 5.51. The van der Waals surface area contributed by atoms with Gasteiger partial charge in [-0.3, -0.25) is 4.90 Å². The molecule has 4 nitrogen and oxygen atoms in total. The quantitative estimate of drug-likeness (QED) is 0.926. The lowest BCUT2D eigenvalue weighted by Crippen LogP contribution is -2.22. The van der Waals surface area contributed by atoms with Gasteiger partial charge in [0.25, 0.3) is 0 Å². The summed E-state index contributed by atoms with van der Waals surface area (Å²) in [4.78, 5) is 13.4. The Morgan fingerprint density at radius 3 is 3.00 bits per heavy atom. The van der Waals surface area contributed by atoms with Crippen LogP contribution < -0.4 is 0 Å². The second-order valence-corrected chi connectivity index (χ2v) is 5.15. The summed E-state index contributed by atoms with van der Waals surface area (Å²) in [5, 5.41) is 9.04. The van der Waals surface area contributed by atoms with E-state index in [1.165, 1.54) is 0 Å². The molecule has 1 aliphatic heterocycles. The number of carboxylic acid groups (broad SMARTS) is 1. The van der Waals surface area contributed by atoms with Crippen LogP contribution in [0.2, 0.25) is 0 Å². The molecule has 20 heavy (non-hydrogen) atoms. The summed E-state index contributed by atoms with van der Waals surface area (Å²) in [7, 11) is 0. The molecule has 1 atom stereocenters. The second kappa shape index (κ2) is 5.51. The highest BCUT2D eigenvalue weighted by Gasteiger charge is 2.27. The molecule has 1 aliphatic rings. The van der Waals surface area contributed by atoms with Gasteiger partial charge in [0.2, 0.25) is 0 Å². The summed E-state index contributed by atoms with van der Waals surface area (Å²) in [5.74, 6) is 0.118. The van der Waals surface area contributed by atoms with E-state index in [4.69, 9.17) is 9.52 Å². The van der Waals surface area contributed by atoms with Crippen LogP contribution in [0.3, 0.4) is 0 Å². The molecular formula is C16H17NO3. The Kier molecular flexibility index (Phi) is 3.56. The topological polar surface area (TPSA) is 53.7 Å². The van der Waals surface area contributed by atoms with Crippen molar-refractivity contribution in [3.05, 3.63) is 59.5 Å². The van der Waals surface area contributed by atoms with Crippen LogP contribution in [-0.2, 0) is 6.54 Å². The molecule has 1 aromatic carbocycles. The zero-order valence-corrected chi connectivity index (χ0v) is 11.2. The van der Waals surface area contributed by atoms with Crippen LogP contribution in [-0.4, -0.2) is 22.5 Å². The van der Waals surface area contributed by atoms with Crippen LogP contribution in [0.4, 0.5) is 0 Å². The lowest BCUT2D eigenvalue weighted by Gasteiger charge is -2.22. The molecule has 0 saturated carbocycles. The maximum absolute atomic E-state index is 11.0. The van der Waals surface area contributed by atoms with Gasteiger partial charge in [-0.15, -0.1) is 0 Å². The molecule has 0 bridgehead atoms. The maximum Gasteiger partial charge on any atom is 0.335 e. The number of aromatic carboxylic acids is 1. The van der Waals surface area contributed by atoms with Crippen LogP contribution in [0.1, 0.15) is 40.6 Å². The van der Waals surface area contributed by atoms with E-state index in [1.807, 2.05) is 18.2 Å². The third kappa shape index (κ3) is 2.60. The fourth-order valence-corrected chi connectivity index (χ4v) is 2.86. The summed E-state index contributed by atoms with van der Waals surface area (Å²) in [6.45, 7) is 1.77. The van der Waals surface area contributed by atoms with Gasteiger partial charge in [0.15, 0.2) is 0 Å². The Morgan fingerprint density at radius 2 is 2.25 bits per heavy atom. The average molecular weight is 271 g/mol. The summed E-state index contributed by atoms with van der Waals surface area (Å²) >= 11 is 0. The van der Waals surface area contributed by atoms with Crippen LogP contribution in [0.25, 0.3) is 0 Å². The maximum atomic E-state index is 11.0. The first-order valence-electron chi connectivity index (χ1n) is 6.84. The Hall–Kier alpha value is -2.07. The molecule has 1 fully saturated rings. The number of carbonyl (C=O) groups is 1. The molecule has 0 radical (unpaired) electrons. The number of likely N-dealkylation sites (tertiary alicyclic amines) is 1. The zero-order chi connectivity index (χ0) is 13.9. The van der Waals surface area contributed by atoms with Crippen LogP contribution in [0, 0.1) is 0 Å². The predicted octanol–water partition coefficient (Wildman–Crippen LogP) is 3.31. The van der Waals surface area contributed by atoms with E-state index >= 15 is 0 Å². The monoisotopic (exact) mass is 271 g/mol. The van der Waals surface area contributed by atoms with Gasteiger partial charge < -0.3 is 9.52 Å². The predicted molar refractivity (Wildman–Crippen MR) is 74.5 cm³/mol. The number of hydrogen-bond acceptors (Lipinski definition) is 3. The number of benzene rings is 1. The average Bonchev–Trinajstić information content (AvgIpc) is 3.09. The normalized spacial score (nSPS) is 19.3. The molecule has 0 amide bonds. The molecule has 104 valence electrons. The minimum Gasteiger partial charge on any atom is -0.478 e. The lowest BCUT2D eigenvalue weighted by atomic mass is 10.1. The SMILES string of the molecule is O=C(O)c1cccc(CN2CCCC2c2ccco2)c1. The molecule has 1 N–H and O–H groups in total. The van der Waals surface area contributed by atoms with Gasteiger partial charge in [-0.05, 0) is 49.2 Å². The molecule has 1 saturated heterocycles. The Morgan fingerprint density at radius 1 is 1.35 bits per heavy atom. The van der Waals surface area contributed by atoms with Crippen LogP contribution >= 0.6 is 0 Å². The van der Waals surface area contributed by atoms with Crippen LogP contribution in [0.5, 0.6) is 0 Å². The van der Waals surface area contributed by atoms with Crippen molar-refractivity contribution in [1.82, 2.24) is 4.90 Å². The molecule has 4 heteroatoms. The smallest absolute Gasteiger partial charge is 0.335 e. The van der Waals surface area contributed by atoms with Crippen molar-refractivity contribution < 1.29 is 14.3 Å². The van der Waals surface area contributed by atoms with Crippen molar-refractivity contribution in [2.24, 2.45) is 0 Å². The third-order valence-corrected chi connectivity index (χ3v) is 3.79. The Bertz CT molecular complexity index is 592. The highest BCUT2D eigenvalue weighted by atomic mass is 16.4. The van der Waals surface area contributed by atoms with E-state index in [0.717, 1.165) is 37.3 Å². The molecule has 0 aliphatic carbocycles. The van der Waals surface area contributed by atoms with E-state index in [-0.39, 0.29) is 0 Å². The van der Waals surface area contributed by atoms with Crippen molar-refractivity contribution in [2.45, 2.75) is 25.4 Å². The largest absolute Gasteiger partial charge is 0.478 e. The van der Waals surface area contributed by atoms with Crippen LogP contribution in [0.15, 0.2) is 47.1 Å². The number of carboxylic acids is 1.